The van der Waals surface area contributed by atoms with E-state index in [1.54, 1.807) is 54.6 Å². The van der Waals surface area contributed by atoms with Gasteiger partial charge >= 0.3 is 12.1 Å². The Kier molecular flexibility index (Phi) is 10.0. The first-order valence-corrected chi connectivity index (χ1v) is 14.2. The van der Waals surface area contributed by atoms with Crippen LogP contribution < -0.4 is 10.6 Å². The van der Waals surface area contributed by atoms with Crippen LogP contribution in [-0.2, 0) is 20.7 Å². The Labute approximate surface area is 268 Å². The van der Waals surface area contributed by atoms with E-state index in [1.165, 1.54) is 31.3 Å². The van der Waals surface area contributed by atoms with Gasteiger partial charge in [0.25, 0.3) is 0 Å². The molecule has 0 unspecified atom stereocenters. The van der Waals surface area contributed by atoms with Crippen LogP contribution in [0.4, 0.5) is 10.5 Å². The van der Waals surface area contributed by atoms with Gasteiger partial charge in [-0.15, -0.1) is 10.2 Å². The summed E-state index contributed by atoms with van der Waals surface area (Å²) in [5.74, 6) is -1.10. The fourth-order valence-electron chi connectivity index (χ4n) is 4.55. The number of hydrogen-bond acceptors (Lipinski definition) is 10. The van der Waals surface area contributed by atoms with Crippen molar-refractivity contribution in [2.45, 2.75) is 12.5 Å². The molecule has 2 heterocycles. The molecule has 0 fully saturated rings. The molecule has 46 heavy (non-hydrogen) atoms. The molecule has 14 heteroatoms. The number of benzene rings is 3. The topological polar surface area (TPSA) is 163 Å². The number of nitrogens with zero attached hydrogens (tertiary/aromatic N) is 6. The number of rotatable bonds is 10. The molecule has 2 amide bonds. The molecule has 0 spiro atoms. The maximum Gasteiger partial charge on any atom is 0.411 e. The fourth-order valence-corrected chi connectivity index (χ4v) is 4.73. The quantitative estimate of drug-likeness (QED) is 0.160. The van der Waals surface area contributed by atoms with Crippen LogP contribution in [0, 0.1) is 0 Å². The van der Waals surface area contributed by atoms with E-state index >= 15 is 0 Å². The SMILES string of the molecule is COC(=O)Nc1ccc(-c2cc([C@H](Cc3ccccc3)NC(=O)/C=C/c3cc(Cl)ccc3-n3cnnn3)nnc2C(=O)OC)cc1. The number of amides is 2. The van der Waals surface area contributed by atoms with Gasteiger partial charge in [-0.3, -0.25) is 10.1 Å². The molecule has 1 atom stereocenters. The average Bonchev–Trinajstić information content (AvgIpc) is 3.62. The Morgan fingerprint density at radius 1 is 0.957 bits per heavy atom. The van der Waals surface area contributed by atoms with Crippen LogP contribution in [0.25, 0.3) is 22.9 Å². The number of methoxy groups -OCH3 is 2. The summed E-state index contributed by atoms with van der Waals surface area (Å²) in [6.07, 6.45) is 4.18. The third-order valence-corrected chi connectivity index (χ3v) is 7.01. The number of hydrogen-bond donors (Lipinski definition) is 2. The number of esters is 1. The predicted molar refractivity (Wildman–Crippen MR) is 169 cm³/mol. The highest BCUT2D eigenvalue weighted by atomic mass is 35.5. The molecule has 2 N–H and O–H groups in total. The highest BCUT2D eigenvalue weighted by Crippen LogP contribution is 2.28. The lowest BCUT2D eigenvalue weighted by Crippen LogP contribution is -2.29. The Morgan fingerprint density at radius 2 is 1.74 bits per heavy atom. The van der Waals surface area contributed by atoms with Crippen molar-refractivity contribution in [3.05, 3.63) is 119 Å². The van der Waals surface area contributed by atoms with Crippen molar-refractivity contribution in [1.82, 2.24) is 35.7 Å². The van der Waals surface area contributed by atoms with Crippen molar-refractivity contribution >= 4 is 41.3 Å². The molecule has 3 aromatic carbocycles. The van der Waals surface area contributed by atoms with Gasteiger partial charge in [0, 0.05) is 27.9 Å². The van der Waals surface area contributed by atoms with Crippen molar-refractivity contribution < 1.29 is 23.9 Å². The monoisotopic (exact) mass is 638 g/mol. The smallest absolute Gasteiger partial charge is 0.411 e. The zero-order chi connectivity index (χ0) is 32.5. The molecular formula is C32H27ClN8O5. The van der Waals surface area contributed by atoms with Crippen LogP contribution in [0.2, 0.25) is 5.02 Å². The molecule has 0 radical (unpaired) electrons. The average molecular weight is 639 g/mol. The first-order chi connectivity index (χ1) is 22.3. The maximum absolute atomic E-state index is 13.4. The summed E-state index contributed by atoms with van der Waals surface area (Å²) in [6, 6.07) is 22.5. The van der Waals surface area contributed by atoms with Gasteiger partial charge in [-0.1, -0.05) is 54.1 Å². The molecule has 5 aromatic rings. The molecule has 232 valence electrons. The highest BCUT2D eigenvalue weighted by molar-refractivity contribution is 6.30. The summed E-state index contributed by atoms with van der Waals surface area (Å²) in [5.41, 5.74) is 4.09. The number of anilines is 1. The van der Waals surface area contributed by atoms with Gasteiger partial charge in [-0.05, 0) is 70.4 Å². The minimum atomic E-state index is -0.683. The van der Waals surface area contributed by atoms with E-state index in [1.807, 2.05) is 30.3 Å². The van der Waals surface area contributed by atoms with E-state index < -0.39 is 24.0 Å². The van der Waals surface area contributed by atoms with E-state index in [2.05, 4.69) is 41.1 Å². The lowest BCUT2D eigenvalue weighted by Gasteiger charge is -2.19. The third kappa shape index (κ3) is 7.76. The van der Waals surface area contributed by atoms with Gasteiger partial charge in [0.1, 0.15) is 6.33 Å². The van der Waals surface area contributed by atoms with Crippen LogP contribution in [0.1, 0.15) is 33.4 Å². The van der Waals surface area contributed by atoms with Gasteiger partial charge in [0.05, 0.1) is 31.6 Å². The third-order valence-electron chi connectivity index (χ3n) is 6.78. The van der Waals surface area contributed by atoms with Crippen molar-refractivity contribution in [1.29, 1.82) is 0 Å². The van der Waals surface area contributed by atoms with E-state index in [0.717, 1.165) is 5.56 Å². The molecule has 0 saturated carbocycles. The molecule has 2 aromatic heterocycles. The zero-order valence-corrected chi connectivity index (χ0v) is 25.4. The van der Waals surface area contributed by atoms with Crippen LogP contribution in [0.15, 0.2) is 91.3 Å². The predicted octanol–water partition coefficient (Wildman–Crippen LogP) is 4.85. The maximum atomic E-state index is 13.4. The Morgan fingerprint density at radius 3 is 2.43 bits per heavy atom. The van der Waals surface area contributed by atoms with Crippen LogP contribution in [0.5, 0.6) is 0 Å². The van der Waals surface area contributed by atoms with Crippen LogP contribution >= 0.6 is 11.6 Å². The normalized spacial score (nSPS) is 11.5. The first-order valence-electron chi connectivity index (χ1n) is 13.8. The Hall–Kier alpha value is -5.95. The summed E-state index contributed by atoms with van der Waals surface area (Å²) < 4.78 is 11.1. The van der Waals surface area contributed by atoms with Crippen LogP contribution in [0.3, 0.4) is 0 Å². The van der Waals surface area contributed by atoms with Gasteiger partial charge in [-0.2, -0.15) is 9.78 Å². The van der Waals surface area contributed by atoms with Gasteiger partial charge in [-0.25, -0.2) is 9.59 Å². The van der Waals surface area contributed by atoms with Crippen molar-refractivity contribution in [3.63, 3.8) is 0 Å². The number of carbonyl (C=O) groups excluding carboxylic acids is 3. The first kappa shape index (κ1) is 31.5. The minimum absolute atomic E-state index is 0.0132. The van der Waals surface area contributed by atoms with Gasteiger partial charge in [0.2, 0.25) is 5.91 Å². The number of ether oxygens (including phenoxy) is 2. The molecule has 13 nitrogen and oxygen atoms in total. The fraction of sp³-hybridized carbons (Fsp3) is 0.125. The standard InChI is InChI=1S/C32H27ClN8O5/c1-45-31(43)30-25(21-8-12-24(13-9-21)35-32(44)46-2)18-27(37-38-30)26(16-20-6-4-3-5-7-20)36-29(42)15-10-22-17-23(33)11-14-28(22)41-19-34-39-40-41/h3-15,17-19,26H,16H2,1-2H3,(H,35,44)(H,36,42)/b15-10+/t26-/m0/s1. The lowest BCUT2D eigenvalue weighted by molar-refractivity contribution is -0.117. The Balaban J connectivity index is 1.48. The molecule has 0 saturated heterocycles. The summed E-state index contributed by atoms with van der Waals surface area (Å²) >= 11 is 6.23. The van der Waals surface area contributed by atoms with Crippen molar-refractivity contribution in [2.75, 3.05) is 19.5 Å². The summed E-state index contributed by atoms with van der Waals surface area (Å²) in [6.45, 7) is 0. The number of halogens is 1. The number of carbonyl (C=O) groups is 3. The molecule has 0 aliphatic heterocycles. The number of aromatic nitrogens is 6. The van der Waals surface area contributed by atoms with Gasteiger partial charge in [0.15, 0.2) is 5.69 Å². The molecule has 0 aliphatic rings. The van der Waals surface area contributed by atoms with Crippen molar-refractivity contribution in [3.8, 4) is 16.8 Å². The summed E-state index contributed by atoms with van der Waals surface area (Å²) in [7, 11) is 2.52. The van der Waals surface area contributed by atoms with E-state index in [9.17, 15) is 14.4 Å². The molecular weight excluding hydrogens is 612 g/mol. The second-order valence-electron chi connectivity index (χ2n) is 9.76. The number of tetrazole rings is 1. The van der Waals surface area contributed by atoms with Crippen molar-refractivity contribution in [2.24, 2.45) is 0 Å². The van der Waals surface area contributed by atoms with Crippen LogP contribution in [-0.4, -0.2) is 62.6 Å². The van der Waals surface area contributed by atoms with E-state index in [4.69, 9.17) is 16.3 Å². The molecule has 0 bridgehead atoms. The largest absolute Gasteiger partial charge is 0.464 e. The zero-order valence-electron chi connectivity index (χ0n) is 24.6. The lowest BCUT2D eigenvalue weighted by atomic mass is 9.98. The van der Waals surface area contributed by atoms with E-state index in [-0.39, 0.29) is 5.69 Å². The summed E-state index contributed by atoms with van der Waals surface area (Å²) in [5, 5.41) is 25.9. The molecule has 5 rings (SSSR count). The minimum Gasteiger partial charge on any atom is -0.464 e. The Bertz CT molecular complexity index is 1870. The summed E-state index contributed by atoms with van der Waals surface area (Å²) in [4.78, 5) is 37.6. The number of nitrogens with one attached hydrogen (secondary N) is 2. The second kappa shape index (κ2) is 14.7. The van der Waals surface area contributed by atoms with E-state index in [0.29, 0.717) is 45.2 Å². The highest BCUT2D eigenvalue weighted by Gasteiger charge is 2.23. The van der Waals surface area contributed by atoms with Gasteiger partial charge < -0.3 is 14.8 Å². The second-order valence-corrected chi connectivity index (χ2v) is 10.2. The molecule has 0 aliphatic carbocycles.